The van der Waals surface area contributed by atoms with E-state index in [1.54, 1.807) is 0 Å². The van der Waals surface area contributed by atoms with Crippen LogP contribution in [-0.2, 0) is 9.53 Å². The van der Waals surface area contributed by atoms with E-state index in [0.717, 1.165) is 5.92 Å². The van der Waals surface area contributed by atoms with Crippen LogP contribution < -0.4 is 0 Å². The monoisotopic (exact) mass is 278 g/mol. The van der Waals surface area contributed by atoms with Gasteiger partial charge in [0.1, 0.15) is 6.10 Å². The third kappa shape index (κ3) is 0.659. The van der Waals surface area contributed by atoms with Gasteiger partial charge in [-0.05, 0) is 18.3 Å². The smallest absolute Gasteiger partial charge is 0.309 e. The molecule has 0 radical (unpaired) electrons. The Hall–Kier alpha value is 0.200. The molecule has 1 saturated heterocycles. The second-order valence-electron chi connectivity index (χ2n) is 4.29. The van der Waals surface area contributed by atoms with E-state index < -0.39 is 0 Å². The minimum atomic E-state index is 0.0826. The highest BCUT2D eigenvalue weighted by atomic mass is 127. The van der Waals surface area contributed by atoms with Crippen molar-refractivity contribution in [3.05, 3.63) is 0 Å². The number of esters is 1. The summed E-state index contributed by atoms with van der Waals surface area (Å²) in [6, 6.07) is 0. The van der Waals surface area contributed by atoms with Gasteiger partial charge in [0.05, 0.1) is 9.84 Å². The van der Waals surface area contributed by atoms with Crippen molar-refractivity contribution in [2.75, 3.05) is 0 Å². The van der Waals surface area contributed by atoms with Crippen LogP contribution in [-0.4, -0.2) is 16.0 Å². The van der Waals surface area contributed by atoms with Crippen LogP contribution in [0, 0.1) is 23.7 Å². The summed E-state index contributed by atoms with van der Waals surface area (Å²) in [5.41, 5.74) is 0. The van der Waals surface area contributed by atoms with E-state index in [-0.39, 0.29) is 18.0 Å². The van der Waals surface area contributed by atoms with Gasteiger partial charge in [0.15, 0.2) is 0 Å². The van der Waals surface area contributed by atoms with Crippen molar-refractivity contribution in [1.82, 2.24) is 0 Å². The fourth-order valence-corrected chi connectivity index (χ4v) is 4.95. The molecule has 0 amide bonds. The maximum Gasteiger partial charge on any atom is 0.309 e. The summed E-state index contributed by atoms with van der Waals surface area (Å²) in [5, 5.41) is 0. The van der Waals surface area contributed by atoms with Gasteiger partial charge in [-0.1, -0.05) is 29.5 Å². The molecule has 0 aromatic rings. The number of carbonyl (C=O) groups excluding carboxylic acids is 1. The van der Waals surface area contributed by atoms with Crippen LogP contribution in [0.5, 0.6) is 0 Å². The first-order valence-electron chi connectivity index (χ1n) is 4.54. The fourth-order valence-electron chi connectivity index (χ4n) is 3.32. The topological polar surface area (TPSA) is 26.3 Å². The number of carbonyl (C=O) groups is 1. The zero-order chi connectivity index (χ0) is 8.46. The Kier molecular flexibility index (Phi) is 1.37. The Morgan fingerprint density at radius 1 is 1.50 bits per heavy atom. The van der Waals surface area contributed by atoms with Crippen LogP contribution in [0.2, 0.25) is 0 Å². The maximum atomic E-state index is 11.4. The lowest BCUT2D eigenvalue weighted by Gasteiger charge is -2.25. The fraction of sp³-hybridized carbons (Fsp3) is 0.889. The summed E-state index contributed by atoms with van der Waals surface area (Å²) in [7, 11) is 0. The predicted octanol–water partition coefficient (Wildman–Crippen LogP) is 1.62. The van der Waals surface area contributed by atoms with E-state index in [1.165, 1.54) is 6.42 Å². The molecule has 0 aromatic heterocycles. The van der Waals surface area contributed by atoms with Gasteiger partial charge < -0.3 is 4.74 Å². The van der Waals surface area contributed by atoms with Crippen LogP contribution in [0.1, 0.15) is 13.3 Å². The van der Waals surface area contributed by atoms with Crippen molar-refractivity contribution in [2.45, 2.75) is 23.4 Å². The molecule has 0 spiro atoms. The summed E-state index contributed by atoms with van der Waals surface area (Å²) in [6.45, 7) is 2.21. The van der Waals surface area contributed by atoms with E-state index in [9.17, 15) is 4.79 Å². The molecule has 3 fully saturated rings. The van der Waals surface area contributed by atoms with Crippen LogP contribution in [0.25, 0.3) is 0 Å². The Bertz CT molecular complexity index is 253. The summed E-state index contributed by atoms with van der Waals surface area (Å²) < 4.78 is 5.96. The SMILES string of the molecule is C[C@@H]1[C@@H]2C[C@H]3[C@H](OC(=O)[C@H]13)[C@@H]2I. The molecule has 0 unspecified atom stereocenters. The number of halogens is 1. The third-order valence-electron chi connectivity index (χ3n) is 3.92. The van der Waals surface area contributed by atoms with Crippen LogP contribution in [0.3, 0.4) is 0 Å². The van der Waals surface area contributed by atoms with E-state index >= 15 is 0 Å². The van der Waals surface area contributed by atoms with E-state index in [0.29, 0.717) is 15.8 Å². The first kappa shape index (κ1) is 7.59. The number of alkyl halides is 1. The quantitative estimate of drug-likeness (QED) is 0.382. The first-order valence-corrected chi connectivity index (χ1v) is 5.79. The highest BCUT2D eigenvalue weighted by molar-refractivity contribution is 14.1. The number of rotatable bonds is 0. The summed E-state index contributed by atoms with van der Waals surface area (Å²) in [6.07, 6.45) is 1.50. The minimum Gasteiger partial charge on any atom is -0.461 e. The van der Waals surface area contributed by atoms with E-state index in [2.05, 4.69) is 29.5 Å². The number of ether oxygens (including phenoxy) is 1. The second kappa shape index (κ2) is 2.16. The molecule has 1 aliphatic heterocycles. The van der Waals surface area contributed by atoms with Gasteiger partial charge in [0.25, 0.3) is 0 Å². The Morgan fingerprint density at radius 2 is 2.25 bits per heavy atom. The van der Waals surface area contributed by atoms with Crippen molar-refractivity contribution in [2.24, 2.45) is 23.7 Å². The standard InChI is InChI=1S/C9H11IO2/c1-3-4-2-5-6(3)9(11)12-8(5)7(4)10/h3-8H,2H2,1H3/t3-,4+,5-,6-,7-,8+/m1/s1. The molecule has 3 rings (SSSR count). The lowest BCUT2D eigenvalue weighted by Crippen LogP contribution is -2.32. The van der Waals surface area contributed by atoms with Gasteiger partial charge in [0, 0.05) is 5.92 Å². The Balaban J connectivity index is 2.06. The number of hydrogen-bond acceptors (Lipinski definition) is 2. The number of fused-ring (bicyclic) bond motifs is 1. The maximum absolute atomic E-state index is 11.4. The molecule has 12 heavy (non-hydrogen) atoms. The molecule has 3 heteroatoms. The number of hydrogen-bond donors (Lipinski definition) is 0. The predicted molar refractivity (Wildman–Crippen MR) is 51.9 cm³/mol. The van der Waals surface area contributed by atoms with Crippen molar-refractivity contribution in [3.8, 4) is 0 Å². The van der Waals surface area contributed by atoms with Gasteiger partial charge >= 0.3 is 5.97 Å². The average Bonchev–Trinajstić information content (AvgIpc) is 2.56. The van der Waals surface area contributed by atoms with E-state index in [4.69, 9.17) is 4.74 Å². The van der Waals surface area contributed by atoms with Crippen molar-refractivity contribution < 1.29 is 9.53 Å². The Morgan fingerprint density at radius 3 is 2.92 bits per heavy atom. The molecular weight excluding hydrogens is 267 g/mol. The van der Waals surface area contributed by atoms with Gasteiger partial charge in [-0.3, -0.25) is 4.79 Å². The summed E-state index contributed by atoms with van der Waals surface area (Å²) >= 11 is 2.46. The van der Waals surface area contributed by atoms with Gasteiger partial charge in [-0.15, -0.1) is 0 Å². The highest BCUT2D eigenvalue weighted by Gasteiger charge is 2.64. The zero-order valence-corrected chi connectivity index (χ0v) is 9.02. The molecule has 2 nitrogen and oxygen atoms in total. The molecule has 2 saturated carbocycles. The molecule has 0 aromatic carbocycles. The Labute approximate surface area is 85.2 Å². The summed E-state index contributed by atoms with van der Waals surface area (Å²) in [4.78, 5) is 11.4. The van der Waals surface area contributed by atoms with Crippen LogP contribution in [0.15, 0.2) is 0 Å². The third-order valence-corrected chi connectivity index (χ3v) is 5.55. The van der Waals surface area contributed by atoms with Crippen LogP contribution in [0.4, 0.5) is 0 Å². The zero-order valence-electron chi connectivity index (χ0n) is 6.87. The summed E-state index contributed by atoms with van der Waals surface area (Å²) in [5.74, 6) is 2.23. The normalized spacial score (nSPS) is 61.0. The molecule has 0 N–H and O–H groups in total. The molecule has 6 atom stereocenters. The van der Waals surface area contributed by atoms with Crippen molar-refractivity contribution >= 4 is 28.6 Å². The molecule has 2 aliphatic carbocycles. The average molecular weight is 278 g/mol. The van der Waals surface area contributed by atoms with Crippen LogP contribution >= 0.6 is 22.6 Å². The van der Waals surface area contributed by atoms with Gasteiger partial charge in [-0.2, -0.15) is 0 Å². The van der Waals surface area contributed by atoms with Crippen molar-refractivity contribution in [1.29, 1.82) is 0 Å². The lowest BCUT2D eigenvalue weighted by atomic mass is 9.81. The van der Waals surface area contributed by atoms with Gasteiger partial charge in [-0.25, -0.2) is 0 Å². The molecule has 3 aliphatic rings. The second-order valence-corrected chi connectivity index (χ2v) is 5.73. The molecule has 1 heterocycles. The first-order chi connectivity index (χ1) is 5.70. The minimum absolute atomic E-state index is 0.0826. The van der Waals surface area contributed by atoms with Gasteiger partial charge in [0.2, 0.25) is 0 Å². The van der Waals surface area contributed by atoms with E-state index in [1.807, 2.05) is 0 Å². The molecule has 66 valence electrons. The van der Waals surface area contributed by atoms with Crippen molar-refractivity contribution in [3.63, 3.8) is 0 Å². The molecule has 2 bridgehead atoms. The largest absolute Gasteiger partial charge is 0.461 e. The molecular formula is C9H11IO2. The highest BCUT2D eigenvalue weighted by Crippen LogP contribution is 2.59. The lowest BCUT2D eigenvalue weighted by molar-refractivity contribution is -0.143.